The Morgan fingerprint density at radius 3 is 2.41 bits per heavy atom. The van der Waals surface area contributed by atoms with E-state index in [0.29, 0.717) is 28.7 Å². The van der Waals surface area contributed by atoms with Crippen LogP contribution >= 0.6 is 0 Å². The summed E-state index contributed by atoms with van der Waals surface area (Å²) >= 11 is 0. The van der Waals surface area contributed by atoms with Gasteiger partial charge in [0.05, 0.1) is 30.1 Å². The lowest BCUT2D eigenvalue weighted by molar-refractivity contribution is 0.415. The first-order valence-electron chi connectivity index (χ1n) is 8.87. The molecule has 0 saturated heterocycles. The van der Waals surface area contributed by atoms with Crippen molar-refractivity contribution in [3.63, 3.8) is 0 Å². The van der Waals surface area contributed by atoms with Gasteiger partial charge in [0.15, 0.2) is 0 Å². The summed E-state index contributed by atoms with van der Waals surface area (Å²) in [4.78, 5) is 17.8. The van der Waals surface area contributed by atoms with Crippen molar-refractivity contribution in [1.82, 2.24) is 9.78 Å². The van der Waals surface area contributed by atoms with E-state index in [1.165, 1.54) is 16.8 Å². The molecule has 1 fully saturated rings. The molecule has 4 rings (SSSR count). The Balaban J connectivity index is 1.88. The average Bonchev–Trinajstić information content (AvgIpc) is 3.43. The number of hydrogen-bond donors (Lipinski definition) is 1. The third-order valence-electron chi connectivity index (χ3n) is 4.64. The van der Waals surface area contributed by atoms with Gasteiger partial charge in [-0.3, -0.25) is 14.9 Å². The summed E-state index contributed by atoms with van der Waals surface area (Å²) in [7, 11) is 1.61. The Morgan fingerprint density at radius 1 is 1.15 bits per heavy atom. The highest BCUT2D eigenvalue weighted by Gasteiger charge is 2.24. The highest BCUT2D eigenvalue weighted by Crippen LogP contribution is 2.27. The number of aromatic amines is 1. The molecular weight excluding hydrogens is 345 g/mol. The quantitative estimate of drug-likeness (QED) is 0.696. The first-order valence-corrected chi connectivity index (χ1v) is 8.87. The number of hydrogen-bond acceptors (Lipinski definition) is 3. The summed E-state index contributed by atoms with van der Waals surface area (Å²) < 4.78 is 19.9. The second-order valence-electron chi connectivity index (χ2n) is 6.65. The van der Waals surface area contributed by atoms with Crippen LogP contribution < -0.4 is 10.3 Å². The van der Waals surface area contributed by atoms with Crippen LogP contribution in [0.1, 0.15) is 25.3 Å². The van der Waals surface area contributed by atoms with Gasteiger partial charge in [-0.25, -0.2) is 9.07 Å². The largest absolute Gasteiger partial charge is 0.497 e. The fourth-order valence-electron chi connectivity index (χ4n) is 3.05. The van der Waals surface area contributed by atoms with Crippen molar-refractivity contribution in [3.05, 3.63) is 70.3 Å². The van der Waals surface area contributed by atoms with Gasteiger partial charge in [0.2, 0.25) is 0 Å². The van der Waals surface area contributed by atoms with Gasteiger partial charge in [-0.15, -0.1) is 0 Å². The maximum atomic E-state index is 13.3. The van der Waals surface area contributed by atoms with Crippen LogP contribution in [0.4, 0.5) is 4.39 Å². The van der Waals surface area contributed by atoms with E-state index in [-0.39, 0.29) is 11.4 Å². The lowest BCUT2D eigenvalue weighted by atomic mass is 10.1. The molecule has 0 atom stereocenters. The molecule has 6 heteroatoms. The minimum atomic E-state index is -0.347. The number of benzene rings is 2. The number of nitrogens with zero attached hydrogens (tertiary/aromatic N) is 2. The van der Waals surface area contributed by atoms with E-state index in [0.717, 1.165) is 24.2 Å². The predicted octanol–water partition coefficient (Wildman–Crippen LogP) is 3.95. The van der Waals surface area contributed by atoms with Crippen LogP contribution in [0.5, 0.6) is 5.75 Å². The average molecular weight is 365 g/mol. The molecule has 3 aromatic rings. The number of nitrogens with one attached hydrogen (secondary N) is 1. The minimum Gasteiger partial charge on any atom is -0.497 e. The van der Waals surface area contributed by atoms with Gasteiger partial charge in [-0.2, -0.15) is 0 Å². The van der Waals surface area contributed by atoms with Gasteiger partial charge < -0.3 is 4.74 Å². The van der Waals surface area contributed by atoms with Crippen molar-refractivity contribution in [1.29, 1.82) is 0 Å². The summed E-state index contributed by atoms with van der Waals surface area (Å²) in [6, 6.07) is 13.6. The summed E-state index contributed by atoms with van der Waals surface area (Å²) in [5, 5.41) is 3.17. The molecule has 1 saturated carbocycles. The molecule has 0 bridgehead atoms. The standard InChI is InChI=1S/C21H20FN3O2/c1-13(23-16-7-8-16)19-20(14-3-11-18(27-2)12-4-14)24-25(21(19)26)17-9-5-15(22)6-10-17/h3-6,9-12,16,24H,7-8H2,1-2H3. The van der Waals surface area contributed by atoms with Gasteiger partial charge >= 0.3 is 0 Å². The maximum absolute atomic E-state index is 13.3. The van der Waals surface area contributed by atoms with E-state index in [4.69, 9.17) is 4.74 Å². The fraction of sp³-hybridized carbons (Fsp3) is 0.238. The van der Waals surface area contributed by atoms with Crippen LogP contribution in [0.15, 0.2) is 58.3 Å². The summed E-state index contributed by atoms with van der Waals surface area (Å²) in [5.41, 5.74) is 3.17. The van der Waals surface area contributed by atoms with Gasteiger partial charge in [0.25, 0.3) is 5.56 Å². The molecule has 1 aliphatic carbocycles. The first kappa shape index (κ1) is 17.3. The lowest BCUT2D eigenvalue weighted by Gasteiger charge is -2.05. The van der Waals surface area contributed by atoms with E-state index in [1.807, 2.05) is 31.2 Å². The van der Waals surface area contributed by atoms with Crippen molar-refractivity contribution in [3.8, 4) is 22.7 Å². The highest BCUT2D eigenvalue weighted by atomic mass is 19.1. The third kappa shape index (κ3) is 3.43. The molecule has 0 unspecified atom stereocenters. The van der Waals surface area contributed by atoms with Crippen molar-refractivity contribution in [2.75, 3.05) is 7.11 Å². The molecule has 0 radical (unpaired) electrons. The monoisotopic (exact) mass is 365 g/mol. The Bertz CT molecular complexity index is 1040. The van der Waals surface area contributed by atoms with E-state index in [2.05, 4.69) is 10.1 Å². The molecule has 27 heavy (non-hydrogen) atoms. The van der Waals surface area contributed by atoms with E-state index in [1.54, 1.807) is 19.2 Å². The molecule has 1 aromatic heterocycles. The Morgan fingerprint density at radius 2 is 1.81 bits per heavy atom. The van der Waals surface area contributed by atoms with Crippen LogP contribution in [0.3, 0.4) is 0 Å². The van der Waals surface area contributed by atoms with Crippen LogP contribution in [-0.4, -0.2) is 28.6 Å². The Labute approximate surface area is 156 Å². The van der Waals surface area contributed by atoms with E-state index < -0.39 is 0 Å². The molecule has 1 aliphatic rings. The molecule has 0 amide bonds. The van der Waals surface area contributed by atoms with Gasteiger partial charge in [-0.1, -0.05) is 0 Å². The zero-order valence-electron chi connectivity index (χ0n) is 15.2. The van der Waals surface area contributed by atoms with Crippen molar-refractivity contribution >= 4 is 5.71 Å². The Kier molecular flexibility index (Phi) is 4.39. The van der Waals surface area contributed by atoms with E-state index in [9.17, 15) is 9.18 Å². The number of ether oxygens (including phenoxy) is 1. The predicted molar refractivity (Wildman–Crippen MR) is 104 cm³/mol. The van der Waals surface area contributed by atoms with Crippen LogP contribution in [-0.2, 0) is 0 Å². The zero-order valence-corrected chi connectivity index (χ0v) is 15.2. The number of H-pyrrole nitrogens is 1. The smallest absolute Gasteiger partial charge is 0.280 e. The molecular formula is C21H20FN3O2. The summed E-state index contributed by atoms with van der Waals surface area (Å²) in [6.07, 6.45) is 2.12. The SMILES string of the molecule is COc1ccc(-c2[nH]n(-c3ccc(F)cc3)c(=O)c2C(C)=NC2CC2)cc1. The number of halogens is 1. The fourth-order valence-corrected chi connectivity index (χ4v) is 3.05. The Hall–Kier alpha value is -3.15. The lowest BCUT2D eigenvalue weighted by Crippen LogP contribution is -2.19. The minimum absolute atomic E-state index is 0.200. The number of methoxy groups -OCH3 is 1. The second kappa shape index (κ2) is 6.87. The number of aliphatic imine (C=N–C) groups is 1. The van der Waals surface area contributed by atoms with Gasteiger partial charge in [0.1, 0.15) is 11.6 Å². The van der Waals surface area contributed by atoms with Gasteiger partial charge in [-0.05, 0) is 68.3 Å². The third-order valence-corrected chi connectivity index (χ3v) is 4.64. The maximum Gasteiger partial charge on any atom is 0.280 e. The molecule has 0 aliphatic heterocycles. The summed E-state index contributed by atoms with van der Waals surface area (Å²) in [5.74, 6) is 0.393. The zero-order chi connectivity index (χ0) is 19.0. The highest BCUT2D eigenvalue weighted by molar-refractivity contribution is 6.03. The molecule has 138 valence electrons. The van der Waals surface area contributed by atoms with Crippen LogP contribution in [0, 0.1) is 5.82 Å². The van der Waals surface area contributed by atoms with Crippen molar-refractivity contribution in [2.45, 2.75) is 25.8 Å². The molecule has 1 heterocycles. The van der Waals surface area contributed by atoms with Crippen LogP contribution in [0.2, 0.25) is 0 Å². The molecule has 1 N–H and O–H groups in total. The molecule has 0 spiro atoms. The normalized spacial score (nSPS) is 14.4. The van der Waals surface area contributed by atoms with Gasteiger partial charge in [0, 0.05) is 11.3 Å². The topological polar surface area (TPSA) is 59.4 Å². The molecule has 2 aromatic carbocycles. The molecule has 5 nitrogen and oxygen atoms in total. The van der Waals surface area contributed by atoms with Crippen molar-refractivity contribution in [2.24, 2.45) is 4.99 Å². The second-order valence-corrected chi connectivity index (χ2v) is 6.65. The van der Waals surface area contributed by atoms with Crippen LogP contribution in [0.25, 0.3) is 16.9 Å². The number of rotatable bonds is 5. The van der Waals surface area contributed by atoms with Crippen molar-refractivity contribution < 1.29 is 9.13 Å². The first-order chi connectivity index (χ1) is 13.1. The summed E-state index contributed by atoms with van der Waals surface area (Å²) in [6.45, 7) is 1.87. The van der Waals surface area contributed by atoms with E-state index >= 15 is 0 Å². The number of aromatic nitrogens is 2.